The van der Waals surface area contributed by atoms with Crippen LogP contribution in [0.3, 0.4) is 0 Å². The number of amides is 1. The van der Waals surface area contributed by atoms with E-state index in [-0.39, 0.29) is 28.8 Å². The molecule has 1 heterocycles. The number of carboxylic acid groups (broad SMARTS) is 1. The maximum Gasteiger partial charge on any atom is 0.335 e. The molecule has 1 fully saturated rings. The van der Waals surface area contributed by atoms with Gasteiger partial charge in [-0.2, -0.15) is 0 Å². The average molecular weight is 453 g/mol. The molecule has 0 saturated heterocycles. The zero-order valence-electron chi connectivity index (χ0n) is 17.9. The molecule has 7 N–H and O–H groups in total. The molecular formula is C23H24FN5O4. The fourth-order valence-electron chi connectivity index (χ4n) is 4.05. The highest BCUT2D eigenvalue weighted by atomic mass is 19.1. The second-order valence-corrected chi connectivity index (χ2v) is 8.15. The molecule has 10 heteroatoms. The van der Waals surface area contributed by atoms with Gasteiger partial charge in [-0.3, -0.25) is 9.59 Å². The molecule has 172 valence electrons. The normalized spacial score (nSPS) is 17.3. The van der Waals surface area contributed by atoms with Gasteiger partial charge in [0.15, 0.2) is 0 Å². The Morgan fingerprint density at radius 3 is 2.52 bits per heavy atom. The molecule has 0 unspecified atom stereocenters. The minimum atomic E-state index is -1.09. The van der Waals surface area contributed by atoms with E-state index < -0.39 is 23.3 Å². The molecule has 9 nitrogen and oxygen atoms in total. The van der Waals surface area contributed by atoms with Crippen LogP contribution in [0, 0.1) is 11.7 Å². The van der Waals surface area contributed by atoms with Gasteiger partial charge in [0.25, 0.3) is 11.5 Å². The number of nitrogens with two attached hydrogens (primary N) is 1. The molecule has 1 aliphatic carbocycles. The van der Waals surface area contributed by atoms with Gasteiger partial charge in [-0.15, -0.1) is 0 Å². The van der Waals surface area contributed by atoms with Gasteiger partial charge in [0.2, 0.25) is 0 Å². The van der Waals surface area contributed by atoms with E-state index in [2.05, 4.69) is 20.9 Å². The summed E-state index contributed by atoms with van der Waals surface area (Å²) in [6.45, 7) is 0.477. The number of aromatic nitrogens is 1. The molecule has 1 aliphatic rings. The monoisotopic (exact) mass is 453 g/mol. The van der Waals surface area contributed by atoms with Crippen molar-refractivity contribution in [3.8, 4) is 0 Å². The van der Waals surface area contributed by atoms with Crippen molar-refractivity contribution in [2.45, 2.75) is 18.9 Å². The summed E-state index contributed by atoms with van der Waals surface area (Å²) < 4.78 is 14.4. The number of hydrogen-bond acceptors (Lipinski definition) is 6. The van der Waals surface area contributed by atoms with Crippen LogP contribution in [-0.2, 0) is 0 Å². The topological polar surface area (TPSA) is 149 Å². The third-order valence-corrected chi connectivity index (χ3v) is 5.81. The average Bonchev–Trinajstić information content (AvgIpc) is 2.75. The molecule has 0 atom stereocenters. The number of halogens is 1. The second-order valence-electron chi connectivity index (χ2n) is 8.15. The van der Waals surface area contributed by atoms with E-state index in [1.54, 1.807) is 7.05 Å². The Hall–Kier alpha value is -3.92. The Bertz CT molecular complexity index is 1280. The predicted octanol–water partition coefficient (Wildman–Crippen LogP) is 2.81. The number of H-pyrrole nitrogens is 1. The highest BCUT2D eigenvalue weighted by Gasteiger charge is 2.27. The first-order valence-electron chi connectivity index (χ1n) is 10.5. The summed E-state index contributed by atoms with van der Waals surface area (Å²) in [7, 11) is 1.61. The standard InChI is InChI=1S/C23H24FN5O4/c1-26-17-9-13(24)8-16-19(17)29-22(31)18(20(16)27-10-11-6-14(25)7-11)21(30)28-15-4-2-12(3-5-15)23(32)33/h2-5,8-9,11,14,26H,6-7,10,25H2,1H3,(H,28,30)(H,32,33)(H2,27,29,31)/t11-,14-. The summed E-state index contributed by atoms with van der Waals surface area (Å²) in [5, 5.41) is 18.0. The van der Waals surface area contributed by atoms with E-state index in [4.69, 9.17) is 10.8 Å². The largest absolute Gasteiger partial charge is 0.478 e. The lowest BCUT2D eigenvalue weighted by Gasteiger charge is -2.33. The van der Waals surface area contributed by atoms with Crippen molar-refractivity contribution in [3.63, 3.8) is 0 Å². The number of nitrogens with one attached hydrogen (secondary N) is 4. The number of pyridine rings is 1. The summed E-state index contributed by atoms with van der Waals surface area (Å²) in [6, 6.07) is 8.20. The van der Waals surface area contributed by atoms with E-state index >= 15 is 0 Å². The fourth-order valence-corrected chi connectivity index (χ4v) is 4.05. The van der Waals surface area contributed by atoms with Crippen molar-refractivity contribution in [2.75, 3.05) is 29.5 Å². The number of benzene rings is 2. The van der Waals surface area contributed by atoms with Crippen LogP contribution in [-0.4, -0.2) is 41.6 Å². The molecule has 1 aromatic heterocycles. The third-order valence-electron chi connectivity index (χ3n) is 5.81. The first kappa shape index (κ1) is 22.3. The third kappa shape index (κ3) is 4.51. The molecule has 0 aliphatic heterocycles. The summed E-state index contributed by atoms with van der Waals surface area (Å²) in [5.74, 6) is -2.04. The van der Waals surface area contributed by atoms with Crippen molar-refractivity contribution >= 4 is 39.8 Å². The number of anilines is 3. The number of aromatic amines is 1. The lowest BCUT2D eigenvalue weighted by Crippen LogP contribution is -2.39. The van der Waals surface area contributed by atoms with Crippen molar-refractivity contribution in [2.24, 2.45) is 11.7 Å². The van der Waals surface area contributed by atoms with E-state index in [0.29, 0.717) is 28.8 Å². The first-order chi connectivity index (χ1) is 15.8. The quantitative estimate of drug-likeness (QED) is 0.322. The highest BCUT2D eigenvalue weighted by molar-refractivity contribution is 6.13. The summed E-state index contributed by atoms with van der Waals surface area (Å²) in [4.78, 5) is 39.8. The van der Waals surface area contributed by atoms with Crippen molar-refractivity contribution in [3.05, 3.63) is 63.7 Å². The summed E-state index contributed by atoms with van der Waals surface area (Å²) in [6.07, 6.45) is 1.64. The molecule has 2 aromatic carbocycles. The first-order valence-corrected chi connectivity index (χ1v) is 10.5. The van der Waals surface area contributed by atoms with Crippen LogP contribution in [0.1, 0.15) is 33.6 Å². The van der Waals surface area contributed by atoms with E-state index in [1.165, 1.54) is 36.4 Å². The van der Waals surface area contributed by atoms with Crippen molar-refractivity contribution < 1.29 is 19.1 Å². The zero-order valence-corrected chi connectivity index (χ0v) is 17.9. The van der Waals surface area contributed by atoms with Crippen LogP contribution >= 0.6 is 0 Å². The van der Waals surface area contributed by atoms with Crippen LogP contribution < -0.4 is 27.2 Å². The van der Waals surface area contributed by atoms with Gasteiger partial charge >= 0.3 is 5.97 Å². The van der Waals surface area contributed by atoms with Crippen LogP contribution in [0.5, 0.6) is 0 Å². The zero-order chi connectivity index (χ0) is 23.7. The minimum absolute atomic E-state index is 0.0627. The molecule has 0 bridgehead atoms. The Balaban J connectivity index is 1.75. The molecule has 0 spiro atoms. The fraction of sp³-hybridized carbons (Fsp3) is 0.261. The summed E-state index contributed by atoms with van der Waals surface area (Å²) in [5.41, 5.74) is 6.39. The van der Waals surface area contributed by atoms with Gasteiger partial charge in [0.05, 0.1) is 22.5 Å². The second kappa shape index (κ2) is 8.91. The number of fused-ring (bicyclic) bond motifs is 1. The van der Waals surface area contributed by atoms with Crippen LogP contribution in [0.4, 0.5) is 21.5 Å². The molecule has 33 heavy (non-hydrogen) atoms. The van der Waals surface area contributed by atoms with Gasteiger partial charge < -0.3 is 31.8 Å². The van der Waals surface area contributed by atoms with Crippen LogP contribution in [0.15, 0.2) is 41.2 Å². The predicted molar refractivity (Wildman–Crippen MR) is 125 cm³/mol. The van der Waals surface area contributed by atoms with Gasteiger partial charge in [-0.1, -0.05) is 0 Å². The van der Waals surface area contributed by atoms with Gasteiger partial charge in [0.1, 0.15) is 11.4 Å². The minimum Gasteiger partial charge on any atom is -0.478 e. The summed E-state index contributed by atoms with van der Waals surface area (Å²) >= 11 is 0. The molecular weight excluding hydrogens is 429 g/mol. The van der Waals surface area contributed by atoms with Gasteiger partial charge in [0, 0.05) is 30.7 Å². The van der Waals surface area contributed by atoms with Crippen molar-refractivity contribution in [1.82, 2.24) is 4.98 Å². The SMILES string of the molecule is CNc1cc(F)cc2c(NC[C@H]3C[C@H](N)C3)c(C(=O)Nc3ccc(C(=O)O)cc3)c(=O)[nH]c12. The number of rotatable bonds is 7. The van der Waals surface area contributed by atoms with Crippen LogP contribution in [0.2, 0.25) is 0 Å². The number of aromatic carboxylic acids is 1. The Morgan fingerprint density at radius 1 is 1.21 bits per heavy atom. The highest BCUT2D eigenvalue weighted by Crippen LogP contribution is 2.32. The number of carbonyl (C=O) groups excluding carboxylic acids is 1. The van der Waals surface area contributed by atoms with Gasteiger partial charge in [-0.05, 0) is 55.2 Å². The molecule has 3 aromatic rings. The van der Waals surface area contributed by atoms with E-state index in [0.717, 1.165) is 12.8 Å². The molecule has 0 radical (unpaired) electrons. The maximum atomic E-state index is 14.4. The Labute approximate surface area is 188 Å². The molecule has 1 saturated carbocycles. The van der Waals surface area contributed by atoms with Gasteiger partial charge in [-0.25, -0.2) is 9.18 Å². The lowest BCUT2D eigenvalue weighted by molar-refractivity contribution is 0.0696. The molecule has 4 rings (SSSR count). The molecule has 1 amide bonds. The Kier molecular flexibility index (Phi) is 6.01. The van der Waals surface area contributed by atoms with E-state index in [1.807, 2.05) is 0 Å². The maximum absolute atomic E-state index is 14.4. The number of carboxylic acids is 1. The van der Waals surface area contributed by atoms with E-state index in [9.17, 15) is 18.8 Å². The van der Waals surface area contributed by atoms with Crippen molar-refractivity contribution in [1.29, 1.82) is 0 Å². The van der Waals surface area contributed by atoms with Crippen LogP contribution in [0.25, 0.3) is 10.9 Å². The Morgan fingerprint density at radius 2 is 1.91 bits per heavy atom. The smallest absolute Gasteiger partial charge is 0.335 e. The number of hydrogen-bond donors (Lipinski definition) is 6. The lowest BCUT2D eigenvalue weighted by atomic mass is 9.81. The number of carbonyl (C=O) groups is 2.